The first kappa shape index (κ1) is 13.8. The first-order valence-electron chi connectivity index (χ1n) is 6.46. The van der Waals surface area contributed by atoms with Crippen LogP contribution in [0.15, 0.2) is 66.7 Å². The van der Waals surface area contributed by atoms with Crippen LogP contribution in [-0.4, -0.2) is 6.29 Å². The average molecular weight is 263 g/mol. The van der Waals surface area contributed by atoms with Gasteiger partial charge in [0.2, 0.25) is 0 Å². The molecule has 0 saturated carbocycles. The summed E-state index contributed by atoms with van der Waals surface area (Å²) in [7, 11) is 0. The molecule has 3 aromatic carbocycles. The number of carbonyl (C=O) groups excluding carboxylic acids is 1. The van der Waals surface area contributed by atoms with E-state index in [2.05, 4.69) is 0 Å². The van der Waals surface area contributed by atoms with Gasteiger partial charge >= 0.3 is 0 Å². The van der Waals surface area contributed by atoms with Crippen molar-refractivity contribution in [2.45, 2.75) is 6.92 Å². The number of nitrogen functional groups attached to an aromatic ring is 1. The summed E-state index contributed by atoms with van der Waals surface area (Å²) in [6, 6.07) is 21.4. The number of fused-ring (bicyclic) bond motifs is 1. The van der Waals surface area contributed by atoms with Crippen molar-refractivity contribution < 1.29 is 4.79 Å². The van der Waals surface area contributed by atoms with Gasteiger partial charge in [0.25, 0.3) is 0 Å². The lowest BCUT2D eigenvalue weighted by molar-refractivity contribution is 0.112. The molecule has 0 aliphatic rings. The van der Waals surface area contributed by atoms with Crippen LogP contribution in [0, 0.1) is 6.92 Å². The lowest BCUT2D eigenvalue weighted by atomic mass is 10.1. The van der Waals surface area contributed by atoms with Gasteiger partial charge in [0.05, 0.1) is 0 Å². The molecule has 2 heteroatoms. The van der Waals surface area contributed by atoms with Gasteiger partial charge in [-0.3, -0.25) is 4.79 Å². The Bertz CT molecular complexity index is 693. The largest absolute Gasteiger partial charge is 0.399 e. The van der Waals surface area contributed by atoms with E-state index in [0.29, 0.717) is 0 Å². The number of rotatable bonds is 1. The molecule has 0 unspecified atom stereocenters. The predicted octanol–water partition coefficient (Wildman–Crippen LogP) is 4.23. The Morgan fingerprint density at radius 1 is 0.850 bits per heavy atom. The zero-order valence-electron chi connectivity index (χ0n) is 11.4. The van der Waals surface area contributed by atoms with Crippen molar-refractivity contribution >= 4 is 22.7 Å². The Labute approximate surface area is 118 Å². The fourth-order valence-corrected chi connectivity index (χ4v) is 1.94. The Hall–Kier alpha value is -2.61. The van der Waals surface area contributed by atoms with Crippen molar-refractivity contribution in [2.24, 2.45) is 0 Å². The minimum atomic E-state index is 0.758. The van der Waals surface area contributed by atoms with Crippen LogP contribution in [0.1, 0.15) is 15.9 Å². The summed E-state index contributed by atoms with van der Waals surface area (Å²) < 4.78 is 0. The first-order valence-corrected chi connectivity index (χ1v) is 6.46. The number of aldehydes is 1. The Balaban J connectivity index is 0.000000160. The Kier molecular flexibility index (Phi) is 4.51. The molecule has 0 bridgehead atoms. The molecular formula is C18H17NO. The van der Waals surface area contributed by atoms with Gasteiger partial charge in [-0.15, -0.1) is 0 Å². The van der Waals surface area contributed by atoms with Crippen LogP contribution >= 0.6 is 0 Å². The van der Waals surface area contributed by atoms with E-state index in [1.54, 1.807) is 0 Å². The summed E-state index contributed by atoms with van der Waals surface area (Å²) in [5, 5.41) is 2.14. The van der Waals surface area contributed by atoms with Crippen molar-refractivity contribution in [3.8, 4) is 0 Å². The number of benzene rings is 3. The minimum Gasteiger partial charge on any atom is -0.399 e. The zero-order chi connectivity index (χ0) is 14.4. The molecule has 0 radical (unpaired) electrons. The van der Waals surface area contributed by atoms with Gasteiger partial charge in [-0.2, -0.15) is 0 Å². The summed E-state index contributed by atoms with van der Waals surface area (Å²) in [5.74, 6) is 0. The van der Waals surface area contributed by atoms with Gasteiger partial charge in [0.1, 0.15) is 0 Å². The highest BCUT2D eigenvalue weighted by molar-refractivity contribution is 5.97. The number of para-hydroxylation sites is 1. The second-order valence-corrected chi connectivity index (χ2v) is 4.54. The first-order chi connectivity index (χ1) is 9.72. The third-order valence-electron chi connectivity index (χ3n) is 3.14. The molecule has 0 atom stereocenters. The Morgan fingerprint density at radius 3 is 2.15 bits per heavy atom. The number of anilines is 1. The van der Waals surface area contributed by atoms with Crippen LogP contribution in [0.3, 0.4) is 0 Å². The van der Waals surface area contributed by atoms with Crippen LogP contribution < -0.4 is 5.73 Å². The van der Waals surface area contributed by atoms with E-state index in [4.69, 9.17) is 5.73 Å². The van der Waals surface area contributed by atoms with Crippen LogP contribution in [0.5, 0.6) is 0 Å². The van der Waals surface area contributed by atoms with Gasteiger partial charge in [-0.25, -0.2) is 0 Å². The molecule has 100 valence electrons. The van der Waals surface area contributed by atoms with Crippen molar-refractivity contribution in [1.29, 1.82) is 0 Å². The van der Waals surface area contributed by atoms with E-state index in [9.17, 15) is 4.79 Å². The molecular weight excluding hydrogens is 246 g/mol. The highest BCUT2D eigenvalue weighted by Gasteiger charge is 1.96. The van der Waals surface area contributed by atoms with E-state index >= 15 is 0 Å². The second-order valence-electron chi connectivity index (χ2n) is 4.54. The molecule has 3 rings (SSSR count). The molecule has 0 spiro atoms. The van der Waals surface area contributed by atoms with Crippen LogP contribution in [0.25, 0.3) is 10.8 Å². The summed E-state index contributed by atoms with van der Waals surface area (Å²) in [6.45, 7) is 2.00. The summed E-state index contributed by atoms with van der Waals surface area (Å²) in [5.41, 5.74) is 8.29. The minimum absolute atomic E-state index is 0.758. The number of carbonyl (C=O) groups is 1. The van der Waals surface area contributed by atoms with Gasteiger partial charge < -0.3 is 5.73 Å². The van der Waals surface area contributed by atoms with Crippen LogP contribution in [0.2, 0.25) is 0 Å². The molecule has 2 nitrogen and oxygen atoms in total. The molecule has 0 saturated heterocycles. The Morgan fingerprint density at radius 2 is 1.50 bits per heavy atom. The zero-order valence-corrected chi connectivity index (χ0v) is 11.4. The van der Waals surface area contributed by atoms with E-state index in [0.717, 1.165) is 33.9 Å². The van der Waals surface area contributed by atoms with Crippen LogP contribution in [0.4, 0.5) is 5.69 Å². The molecule has 0 aromatic heterocycles. The normalized spacial score (nSPS) is 9.65. The summed E-state index contributed by atoms with van der Waals surface area (Å²) in [6.07, 6.45) is 0.891. The second kappa shape index (κ2) is 6.53. The standard InChI is InChI=1S/C11H8O.C7H9N/c12-8-10-6-3-5-9-4-1-2-7-11(9)10;1-6-4-2-3-5-7(6)8/h1-8H;2-5H,8H2,1H3. The maximum atomic E-state index is 10.6. The van der Waals surface area contributed by atoms with Crippen molar-refractivity contribution in [3.05, 3.63) is 77.9 Å². The summed E-state index contributed by atoms with van der Waals surface area (Å²) in [4.78, 5) is 10.6. The maximum Gasteiger partial charge on any atom is 0.150 e. The molecule has 20 heavy (non-hydrogen) atoms. The number of hydrogen-bond acceptors (Lipinski definition) is 2. The fourth-order valence-electron chi connectivity index (χ4n) is 1.94. The average Bonchev–Trinajstić information content (AvgIpc) is 2.50. The monoisotopic (exact) mass is 263 g/mol. The van der Waals surface area contributed by atoms with Gasteiger partial charge in [-0.05, 0) is 29.3 Å². The molecule has 2 N–H and O–H groups in total. The third-order valence-corrected chi connectivity index (χ3v) is 3.14. The highest BCUT2D eigenvalue weighted by atomic mass is 16.1. The number of aryl methyl sites for hydroxylation is 1. The predicted molar refractivity (Wildman–Crippen MR) is 84.9 cm³/mol. The number of nitrogens with two attached hydrogens (primary N) is 1. The fraction of sp³-hybridized carbons (Fsp3) is 0.0556. The molecule has 3 aromatic rings. The lowest BCUT2D eigenvalue weighted by Crippen LogP contribution is -1.85. The molecule has 0 fully saturated rings. The maximum absolute atomic E-state index is 10.6. The van der Waals surface area contributed by atoms with Gasteiger partial charge in [0.15, 0.2) is 6.29 Å². The van der Waals surface area contributed by atoms with Crippen molar-refractivity contribution in [1.82, 2.24) is 0 Å². The van der Waals surface area contributed by atoms with Crippen molar-refractivity contribution in [3.63, 3.8) is 0 Å². The van der Waals surface area contributed by atoms with Gasteiger partial charge in [-0.1, -0.05) is 60.7 Å². The molecule has 0 aliphatic carbocycles. The SMILES string of the molecule is Cc1ccccc1N.O=Cc1cccc2ccccc12. The lowest BCUT2D eigenvalue weighted by Gasteiger charge is -1.98. The van der Waals surface area contributed by atoms with Crippen molar-refractivity contribution in [2.75, 3.05) is 5.73 Å². The van der Waals surface area contributed by atoms with E-state index in [1.165, 1.54) is 0 Å². The summed E-state index contributed by atoms with van der Waals surface area (Å²) >= 11 is 0. The quantitative estimate of drug-likeness (QED) is 0.527. The molecule has 0 amide bonds. The molecule has 0 aliphatic heterocycles. The van der Waals surface area contributed by atoms with E-state index in [1.807, 2.05) is 73.7 Å². The van der Waals surface area contributed by atoms with Crippen LogP contribution in [-0.2, 0) is 0 Å². The third kappa shape index (κ3) is 3.23. The number of hydrogen-bond donors (Lipinski definition) is 1. The van der Waals surface area contributed by atoms with Gasteiger partial charge in [0, 0.05) is 11.3 Å². The topological polar surface area (TPSA) is 43.1 Å². The molecule has 0 heterocycles. The van der Waals surface area contributed by atoms with E-state index < -0.39 is 0 Å². The smallest absolute Gasteiger partial charge is 0.150 e. The van der Waals surface area contributed by atoms with E-state index in [-0.39, 0.29) is 0 Å². The highest BCUT2D eigenvalue weighted by Crippen LogP contribution is 2.16.